The number of rotatable bonds is 10. The van der Waals surface area contributed by atoms with Crippen molar-refractivity contribution in [2.45, 2.75) is 20.0 Å². The lowest BCUT2D eigenvalue weighted by Crippen LogP contribution is -2.25. The zero-order chi connectivity index (χ0) is 25.8. The Morgan fingerprint density at radius 2 is 1.75 bits per heavy atom. The van der Waals surface area contributed by atoms with Gasteiger partial charge in [-0.2, -0.15) is 0 Å². The number of pyridine rings is 1. The molecular formula is C26H23F4N3O3. The maximum atomic E-state index is 14.0. The lowest BCUT2D eigenvalue weighted by molar-refractivity contribution is 0.0938. The summed E-state index contributed by atoms with van der Waals surface area (Å²) < 4.78 is 67.1. The number of carbonyl (C=O) groups is 1. The van der Waals surface area contributed by atoms with Crippen molar-refractivity contribution in [3.8, 4) is 11.5 Å². The van der Waals surface area contributed by atoms with Crippen molar-refractivity contribution in [1.82, 2.24) is 9.38 Å². The van der Waals surface area contributed by atoms with E-state index in [1.54, 1.807) is 29.7 Å². The summed E-state index contributed by atoms with van der Waals surface area (Å²) in [7, 11) is 0. The van der Waals surface area contributed by atoms with Gasteiger partial charge in [-0.15, -0.1) is 0 Å². The molecule has 36 heavy (non-hydrogen) atoms. The quantitative estimate of drug-likeness (QED) is 0.244. The molecule has 4 rings (SSSR count). The van der Waals surface area contributed by atoms with E-state index in [0.29, 0.717) is 17.0 Å². The third-order valence-corrected chi connectivity index (χ3v) is 5.67. The first-order valence-corrected chi connectivity index (χ1v) is 11.1. The summed E-state index contributed by atoms with van der Waals surface area (Å²) in [6.07, 6.45) is 1.65. The zero-order valence-corrected chi connectivity index (χ0v) is 19.3. The number of aromatic nitrogens is 2. The van der Waals surface area contributed by atoms with E-state index in [-0.39, 0.29) is 49.0 Å². The van der Waals surface area contributed by atoms with Crippen molar-refractivity contribution in [2.24, 2.45) is 11.7 Å². The number of halogens is 4. The summed E-state index contributed by atoms with van der Waals surface area (Å²) >= 11 is 0. The fraction of sp³-hybridized carbons (Fsp3) is 0.231. The highest BCUT2D eigenvalue weighted by atomic mass is 19.2. The molecule has 0 fully saturated rings. The van der Waals surface area contributed by atoms with Crippen molar-refractivity contribution < 1.29 is 31.8 Å². The third kappa shape index (κ3) is 5.33. The van der Waals surface area contributed by atoms with Crippen molar-refractivity contribution in [1.29, 1.82) is 0 Å². The Kier molecular flexibility index (Phi) is 7.54. The second-order valence-corrected chi connectivity index (χ2v) is 8.22. The molecule has 0 bridgehead atoms. The molecule has 10 heteroatoms. The number of imidazole rings is 1. The number of carbonyl (C=O) groups excluding carboxylic acids is 1. The smallest absolute Gasteiger partial charge is 0.181 e. The molecule has 0 radical (unpaired) electrons. The Morgan fingerprint density at radius 3 is 2.44 bits per heavy atom. The SMILES string of the molecule is Cc1nc2c(OCc3c(F)cccc3F)cccn2c1C(=O)CC(CN)COc1ccc(F)c(F)c1. The molecule has 0 aliphatic rings. The molecule has 0 saturated carbocycles. The number of aryl methyl sites for hydroxylation is 1. The summed E-state index contributed by atoms with van der Waals surface area (Å²) in [5, 5.41) is 0. The number of benzene rings is 2. The van der Waals surface area contributed by atoms with E-state index in [4.69, 9.17) is 15.2 Å². The molecule has 0 amide bonds. The van der Waals surface area contributed by atoms with Gasteiger partial charge in [-0.05, 0) is 49.9 Å². The van der Waals surface area contributed by atoms with E-state index in [1.807, 2.05) is 0 Å². The van der Waals surface area contributed by atoms with Crippen LogP contribution in [0.3, 0.4) is 0 Å². The van der Waals surface area contributed by atoms with Crippen LogP contribution in [0, 0.1) is 36.1 Å². The number of ether oxygens (including phenoxy) is 2. The van der Waals surface area contributed by atoms with Crippen molar-refractivity contribution in [3.05, 3.63) is 94.9 Å². The van der Waals surface area contributed by atoms with Gasteiger partial charge in [0.25, 0.3) is 0 Å². The van der Waals surface area contributed by atoms with Gasteiger partial charge in [-0.1, -0.05) is 6.07 Å². The third-order valence-electron chi connectivity index (χ3n) is 5.67. The number of hydrogen-bond acceptors (Lipinski definition) is 5. The minimum atomic E-state index is -1.04. The van der Waals surface area contributed by atoms with Crippen molar-refractivity contribution >= 4 is 11.4 Å². The van der Waals surface area contributed by atoms with Crippen LogP contribution in [0.4, 0.5) is 17.6 Å². The van der Waals surface area contributed by atoms with Gasteiger partial charge < -0.3 is 15.2 Å². The van der Waals surface area contributed by atoms with E-state index in [2.05, 4.69) is 4.98 Å². The molecule has 2 N–H and O–H groups in total. The number of nitrogens with two attached hydrogens (primary N) is 1. The van der Waals surface area contributed by atoms with Crippen molar-refractivity contribution in [3.63, 3.8) is 0 Å². The second-order valence-electron chi connectivity index (χ2n) is 8.22. The predicted molar refractivity (Wildman–Crippen MR) is 124 cm³/mol. The molecule has 1 atom stereocenters. The number of ketones is 1. The van der Waals surface area contributed by atoms with Gasteiger partial charge in [0.15, 0.2) is 28.8 Å². The first-order valence-electron chi connectivity index (χ1n) is 11.1. The van der Waals surface area contributed by atoms with Crippen LogP contribution in [-0.4, -0.2) is 28.3 Å². The number of Topliss-reactive ketones (excluding diaryl/α,β-unsaturated/α-hetero) is 1. The van der Waals surface area contributed by atoms with Gasteiger partial charge in [0.05, 0.1) is 17.9 Å². The fourth-order valence-electron chi connectivity index (χ4n) is 3.77. The highest BCUT2D eigenvalue weighted by Gasteiger charge is 2.22. The van der Waals surface area contributed by atoms with Crippen LogP contribution in [0.5, 0.6) is 11.5 Å². The van der Waals surface area contributed by atoms with Gasteiger partial charge in [0, 0.05) is 24.6 Å². The second kappa shape index (κ2) is 10.8. The Bertz CT molecular complexity index is 1390. The fourth-order valence-corrected chi connectivity index (χ4v) is 3.77. The van der Waals surface area contributed by atoms with Gasteiger partial charge in [0.1, 0.15) is 29.7 Å². The van der Waals surface area contributed by atoms with E-state index >= 15 is 0 Å². The molecule has 6 nitrogen and oxygen atoms in total. The molecule has 2 aromatic heterocycles. The summed E-state index contributed by atoms with van der Waals surface area (Å²) in [5.41, 5.74) is 6.66. The summed E-state index contributed by atoms with van der Waals surface area (Å²) in [6, 6.07) is 9.94. The summed E-state index contributed by atoms with van der Waals surface area (Å²) in [5.74, 6) is -3.77. The molecule has 1 unspecified atom stereocenters. The molecular weight excluding hydrogens is 478 g/mol. The van der Waals surface area contributed by atoms with Gasteiger partial charge in [0.2, 0.25) is 0 Å². The maximum absolute atomic E-state index is 14.0. The van der Waals surface area contributed by atoms with Crippen LogP contribution in [0.1, 0.15) is 28.2 Å². The summed E-state index contributed by atoms with van der Waals surface area (Å²) in [6.45, 7) is 1.44. The van der Waals surface area contributed by atoms with E-state index in [0.717, 1.165) is 24.3 Å². The zero-order valence-electron chi connectivity index (χ0n) is 19.3. The first kappa shape index (κ1) is 25.2. The lowest BCUT2D eigenvalue weighted by Gasteiger charge is -2.15. The van der Waals surface area contributed by atoms with Gasteiger partial charge >= 0.3 is 0 Å². The predicted octanol–water partition coefficient (Wildman–Crippen LogP) is 5.00. The van der Waals surface area contributed by atoms with Gasteiger partial charge in [-0.25, -0.2) is 22.5 Å². The monoisotopic (exact) mass is 501 g/mol. The summed E-state index contributed by atoms with van der Waals surface area (Å²) in [4.78, 5) is 17.6. The molecule has 0 saturated heterocycles. The average molecular weight is 501 g/mol. The lowest BCUT2D eigenvalue weighted by atomic mass is 10.0. The maximum Gasteiger partial charge on any atom is 0.181 e. The number of fused-ring (bicyclic) bond motifs is 1. The molecule has 0 aliphatic heterocycles. The highest BCUT2D eigenvalue weighted by molar-refractivity contribution is 5.97. The van der Waals surface area contributed by atoms with Crippen LogP contribution in [-0.2, 0) is 6.61 Å². The standard InChI is InChI=1S/C26H23F4N3O3/c1-15-25(23(34)10-16(12-31)13-35-17-7-8-21(29)22(30)11-17)33-9-3-6-24(26(33)32-15)36-14-18-19(27)4-2-5-20(18)28/h2-9,11,16H,10,12-14,31H2,1H3. The Hall–Kier alpha value is -3.92. The molecule has 0 aliphatic carbocycles. The molecule has 2 heterocycles. The van der Waals surface area contributed by atoms with Gasteiger partial charge in [-0.3, -0.25) is 9.20 Å². The van der Waals surface area contributed by atoms with Crippen molar-refractivity contribution in [2.75, 3.05) is 13.2 Å². The first-order chi connectivity index (χ1) is 17.3. The molecule has 4 aromatic rings. The van der Waals surface area contributed by atoms with Crippen LogP contribution < -0.4 is 15.2 Å². The number of nitrogens with zero attached hydrogens (tertiary/aromatic N) is 2. The molecule has 188 valence electrons. The number of hydrogen-bond donors (Lipinski definition) is 1. The molecule has 2 aromatic carbocycles. The van der Waals surface area contributed by atoms with Crippen LogP contribution in [0.2, 0.25) is 0 Å². The average Bonchev–Trinajstić information content (AvgIpc) is 3.20. The Balaban J connectivity index is 1.50. The molecule has 0 spiro atoms. The largest absolute Gasteiger partial charge is 0.493 e. The van der Waals surface area contributed by atoms with Crippen LogP contribution >= 0.6 is 0 Å². The van der Waals surface area contributed by atoms with Crippen LogP contribution in [0.15, 0.2) is 54.7 Å². The van der Waals surface area contributed by atoms with Crippen LogP contribution in [0.25, 0.3) is 5.65 Å². The Morgan fingerprint density at radius 1 is 1.00 bits per heavy atom. The minimum Gasteiger partial charge on any atom is -0.493 e. The Labute approximate surface area is 204 Å². The van der Waals surface area contributed by atoms with E-state index in [1.165, 1.54) is 12.1 Å². The normalized spacial score (nSPS) is 12.1. The highest BCUT2D eigenvalue weighted by Crippen LogP contribution is 2.26. The topological polar surface area (TPSA) is 78.9 Å². The van der Waals surface area contributed by atoms with E-state index in [9.17, 15) is 22.4 Å². The minimum absolute atomic E-state index is 0.0142. The van der Waals surface area contributed by atoms with E-state index < -0.39 is 29.2 Å².